The summed E-state index contributed by atoms with van der Waals surface area (Å²) in [7, 11) is 0. The third-order valence-electron chi connectivity index (χ3n) is 10.6. The Morgan fingerprint density at radius 1 is 1.02 bits per heavy atom. The predicted octanol–water partition coefficient (Wildman–Crippen LogP) is 5.02. The quantitative estimate of drug-likeness (QED) is 0.362. The molecule has 3 N–H and O–H groups in total. The minimum absolute atomic E-state index is 0.337. The number of hydrogen-bond donors (Lipinski definition) is 2. The highest BCUT2D eigenvalue weighted by Crippen LogP contribution is 2.31. The van der Waals surface area contributed by atoms with E-state index in [1.54, 1.807) is 0 Å². The highest BCUT2D eigenvalue weighted by molar-refractivity contribution is 5.80. The maximum Gasteiger partial charge on any atom is 0.194 e. The van der Waals surface area contributed by atoms with Gasteiger partial charge < -0.3 is 20.4 Å². The van der Waals surface area contributed by atoms with Gasteiger partial charge in [-0.3, -0.25) is 15.3 Å². The summed E-state index contributed by atoms with van der Waals surface area (Å²) in [6, 6.07) is 12.4. The maximum absolute atomic E-state index is 9.24. The highest BCUT2D eigenvalue weighted by atomic mass is 15.5. The van der Waals surface area contributed by atoms with Crippen LogP contribution in [0.3, 0.4) is 0 Å². The number of nitrogens with one attached hydrogen (secondary N) is 1. The molecule has 5 atom stereocenters. The second kappa shape index (κ2) is 13.6. The number of hydrogen-bond acceptors (Lipinski definition) is 5. The first-order valence-corrected chi connectivity index (χ1v) is 16.4. The Hall–Kier alpha value is -2.28. The molecule has 0 aromatic heterocycles. The largest absolute Gasteiger partial charge is 0.370 e. The van der Waals surface area contributed by atoms with Crippen LogP contribution < -0.4 is 5.73 Å². The van der Waals surface area contributed by atoms with Crippen molar-refractivity contribution in [3.63, 3.8) is 0 Å². The molecule has 3 heterocycles. The van der Waals surface area contributed by atoms with Gasteiger partial charge >= 0.3 is 0 Å². The van der Waals surface area contributed by atoms with Crippen LogP contribution in [0.2, 0.25) is 0 Å². The molecule has 1 aliphatic carbocycles. The van der Waals surface area contributed by atoms with Gasteiger partial charge in [-0.2, -0.15) is 0 Å². The Bertz CT molecular complexity index is 974. The SMILES string of the molecule is CC[C@@H](C)[C@@H]1CN([C@@H](C)CN2CCC[C@H]2CN2C(N)=NC[C@@H]2Cc2ccccc2)C(=N)N1CCCC1CCCC1. The smallest absolute Gasteiger partial charge is 0.194 e. The van der Waals surface area contributed by atoms with Crippen molar-refractivity contribution in [2.24, 2.45) is 22.6 Å². The summed E-state index contributed by atoms with van der Waals surface area (Å²) in [4.78, 5) is 14.6. The lowest BCUT2D eigenvalue weighted by Gasteiger charge is -2.36. The van der Waals surface area contributed by atoms with E-state index >= 15 is 0 Å². The molecule has 5 rings (SSSR count). The normalized spacial score (nSPS) is 27.7. The van der Waals surface area contributed by atoms with E-state index in [4.69, 9.17) is 5.73 Å². The van der Waals surface area contributed by atoms with Gasteiger partial charge in [0.05, 0.1) is 18.6 Å². The lowest BCUT2D eigenvalue weighted by atomic mass is 9.97. The van der Waals surface area contributed by atoms with Crippen LogP contribution in [0.25, 0.3) is 0 Å². The third-order valence-corrected chi connectivity index (χ3v) is 10.6. The Morgan fingerprint density at radius 2 is 1.80 bits per heavy atom. The van der Waals surface area contributed by atoms with Crippen LogP contribution in [0.4, 0.5) is 0 Å². The van der Waals surface area contributed by atoms with E-state index in [1.807, 2.05) is 0 Å². The fourth-order valence-corrected chi connectivity index (χ4v) is 7.86. The fraction of sp³-hybridized carbons (Fsp3) is 0.758. The van der Waals surface area contributed by atoms with Crippen molar-refractivity contribution in [3.8, 4) is 0 Å². The maximum atomic E-state index is 9.24. The molecule has 1 saturated carbocycles. The third kappa shape index (κ3) is 6.78. The Kier molecular flexibility index (Phi) is 9.93. The van der Waals surface area contributed by atoms with E-state index in [2.05, 4.69) is 75.7 Å². The van der Waals surface area contributed by atoms with Crippen LogP contribution in [0.15, 0.2) is 35.3 Å². The second-order valence-electron chi connectivity index (χ2n) is 13.2. The van der Waals surface area contributed by atoms with E-state index in [1.165, 1.54) is 63.4 Å². The zero-order chi connectivity index (χ0) is 28.1. The molecule has 3 aliphatic heterocycles. The molecular formula is C33H55N7. The number of benzene rings is 1. The van der Waals surface area contributed by atoms with Gasteiger partial charge in [0.1, 0.15) is 0 Å². The molecule has 7 heteroatoms. The summed E-state index contributed by atoms with van der Waals surface area (Å²) >= 11 is 0. The highest BCUT2D eigenvalue weighted by Gasteiger charge is 2.40. The molecule has 0 amide bonds. The van der Waals surface area contributed by atoms with E-state index < -0.39 is 0 Å². The van der Waals surface area contributed by atoms with Crippen LogP contribution in [-0.4, -0.2) is 95.0 Å². The summed E-state index contributed by atoms with van der Waals surface area (Å²) in [5.41, 5.74) is 7.79. The molecule has 0 unspecified atom stereocenters. The van der Waals surface area contributed by atoms with E-state index in [9.17, 15) is 5.41 Å². The van der Waals surface area contributed by atoms with Crippen molar-refractivity contribution < 1.29 is 0 Å². The van der Waals surface area contributed by atoms with Crippen molar-refractivity contribution in [3.05, 3.63) is 35.9 Å². The van der Waals surface area contributed by atoms with Gasteiger partial charge in [0.15, 0.2) is 11.9 Å². The molecule has 0 radical (unpaired) electrons. The lowest BCUT2D eigenvalue weighted by molar-refractivity contribution is 0.161. The van der Waals surface area contributed by atoms with Crippen LogP contribution in [0.1, 0.15) is 84.1 Å². The topological polar surface area (TPSA) is 75.2 Å². The molecule has 0 bridgehead atoms. The Labute approximate surface area is 243 Å². The van der Waals surface area contributed by atoms with E-state index in [-0.39, 0.29) is 0 Å². The Balaban J connectivity index is 1.17. The monoisotopic (exact) mass is 549 g/mol. The number of nitrogens with zero attached hydrogens (tertiary/aromatic N) is 5. The van der Waals surface area contributed by atoms with Crippen molar-refractivity contribution >= 4 is 11.9 Å². The minimum Gasteiger partial charge on any atom is -0.370 e. The summed E-state index contributed by atoms with van der Waals surface area (Å²) in [5, 5.41) is 9.24. The number of guanidine groups is 2. The fourth-order valence-electron chi connectivity index (χ4n) is 7.86. The molecule has 1 aromatic carbocycles. The summed E-state index contributed by atoms with van der Waals surface area (Å²) < 4.78 is 0. The molecule has 3 fully saturated rings. The van der Waals surface area contributed by atoms with Crippen LogP contribution in [0, 0.1) is 17.2 Å². The number of nitrogens with two attached hydrogens (primary N) is 1. The number of rotatable bonds is 13. The van der Waals surface area contributed by atoms with Gasteiger partial charge in [-0.25, -0.2) is 0 Å². The first kappa shape index (κ1) is 29.2. The summed E-state index contributed by atoms with van der Waals surface area (Å²) in [5.74, 6) is 3.04. The first-order valence-electron chi connectivity index (χ1n) is 16.4. The van der Waals surface area contributed by atoms with Gasteiger partial charge in [-0.1, -0.05) is 76.3 Å². The van der Waals surface area contributed by atoms with Crippen molar-refractivity contribution in [1.29, 1.82) is 5.41 Å². The van der Waals surface area contributed by atoms with Crippen LogP contribution >= 0.6 is 0 Å². The molecule has 0 spiro atoms. The van der Waals surface area contributed by atoms with E-state index in [0.717, 1.165) is 57.6 Å². The second-order valence-corrected chi connectivity index (χ2v) is 13.2. The van der Waals surface area contributed by atoms with Gasteiger partial charge in [0.2, 0.25) is 0 Å². The molecule has 7 nitrogen and oxygen atoms in total. The predicted molar refractivity (Wildman–Crippen MR) is 167 cm³/mol. The average molecular weight is 550 g/mol. The zero-order valence-corrected chi connectivity index (χ0v) is 25.5. The molecule has 4 aliphatic rings. The van der Waals surface area contributed by atoms with Gasteiger partial charge in [-0.15, -0.1) is 0 Å². The van der Waals surface area contributed by atoms with Crippen molar-refractivity contribution in [2.45, 2.75) is 109 Å². The molecule has 1 aromatic rings. The standard InChI is InChI=1S/C33H55N7/c1-4-25(2)31-24-39(33(35)38(31)19-10-16-27-12-8-9-13-27)26(3)22-37-18-11-17-29(37)23-40-30(21-36-32(40)34)20-28-14-6-5-7-15-28/h5-7,14-15,25-27,29-31,35H,4,8-13,16-24H2,1-3H3,(H2,34,36)/t25-,26+,29+,30+,31+/m1/s1. The zero-order valence-electron chi connectivity index (χ0n) is 25.5. The number of likely N-dealkylation sites (tertiary alicyclic amines) is 1. The van der Waals surface area contributed by atoms with Crippen molar-refractivity contribution in [2.75, 3.05) is 39.3 Å². The molecular weight excluding hydrogens is 494 g/mol. The first-order chi connectivity index (χ1) is 19.4. The van der Waals surface area contributed by atoms with Crippen LogP contribution in [-0.2, 0) is 6.42 Å². The Morgan fingerprint density at radius 3 is 2.55 bits per heavy atom. The van der Waals surface area contributed by atoms with Gasteiger partial charge in [0.25, 0.3) is 0 Å². The van der Waals surface area contributed by atoms with Crippen molar-refractivity contribution in [1.82, 2.24) is 19.6 Å². The number of aliphatic imine (C=N–C) groups is 1. The summed E-state index contributed by atoms with van der Waals surface area (Å²) in [6.07, 6.45) is 12.9. The molecule has 2 saturated heterocycles. The lowest BCUT2D eigenvalue weighted by Crippen LogP contribution is -2.51. The minimum atomic E-state index is 0.337. The summed E-state index contributed by atoms with van der Waals surface area (Å²) in [6.45, 7) is 13.0. The van der Waals surface area contributed by atoms with E-state index in [0.29, 0.717) is 36.0 Å². The molecule has 222 valence electrons. The van der Waals surface area contributed by atoms with Gasteiger partial charge in [0, 0.05) is 38.3 Å². The average Bonchev–Trinajstić information content (AvgIpc) is 3.76. The molecule has 40 heavy (non-hydrogen) atoms. The van der Waals surface area contributed by atoms with Gasteiger partial charge in [-0.05, 0) is 63.0 Å². The van der Waals surface area contributed by atoms with Crippen LogP contribution in [0.5, 0.6) is 0 Å².